The van der Waals surface area contributed by atoms with Gasteiger partial charge in [-0.25, -0.2) is 8.78 Å². The van der Waals surface area contributed by atoms with Crippen molar-refractivity contribution in [3.05, 3.63) is 29.3 Å². The van der Waals surface area contributed by atoms with Crippen LogP contribution < -0.4 is 10.5 Å². The van der Waals surface area contributed by atoms with E-state index in [1.807, 2.05) is 0 Å². The lowest BCUT2D eigenvalue weighted by atomic mass is 9.95. The minimum atomic E-state index is -0.781. The van der Waals surface area contributed by atoms with Crippen LogP contribution in [0.3, 0.4) is 0 Å². The topological polar surface area (TPSA) is 44.5 Å². The molecule has 5 heteroatoms. The van der Waals surface area contributed by atoms with E-state index >= 15 is 0 Å². The summed E-state index contributed by atoms with van der Waals surface area (Å²) >= 11 is 0. The van der Waals surface area contributed by atoms with Crippen LogP contribution in [0.5, 0.6) is 5.75 Å². The van der Waals surface area contributed by atoms with Crippen molar-refractivity contribution in [3.63, 3.8) is 0 Å². The molecule has 2 rings (SSSR count). The van der Waals surface area contributed by atoms with Crippen LogP contribution in [0.25, 0.3) is 0 Å². The summed E-state index contributed by atoms with van der Waals surface area (Å²) in [6, 6.07) is 1.50. The highest BCUT2D eigenvalue weighted by molar-refractivity contribution is 5.33. The highest BCUT2D eigenvalue weighted by atomic mass is 19.1. The normalized spacial score (nSPS) is 21.7. The lowest BCUT2D eigenvalue weighted by Gasteiger charge is -2.28. The summed E-state index contributed by atoms with van der Waals surface area (Å²) in [5.41, 5.74) is 5.79. The van der Waals surface area contributed by atoms with Crippen LogP contribution in [0.2, 0.25) is 0 Å². The van der Waals surface area contributed by atoms with Crippen molar-refractivity contribution in [1.29, 1.82) is 0 Å². The predicted molar refractivity (Wildman–Crippen MR) is 63.4 cm³/mol. The van der Waals surface area contributed by atoms with E-state index in [9.17, 15) is 8.78 Å². The summed E-state index contributed by atoms with van der Waals surface area (Å²) in [4.78, 5) is 0. The largest absolute Gasteiger partial charge is 0.497 e. The van der Waals surface area contributed by atoms with Gasteiger partial charge >= 0.3 is 0 Å². The minimum Gasteiger partial charge on any atom is -0.497 e. The Morgan fingerprint density at radius 2 is 2.00 bits per heavy atom. The van der Waals surface area contributed by atoms with E-state index in [0.29, 0.717) is 6.61 Å². The van der Waals surface area contributed by atoms with Crippen molar-refractivity contribution in [3.8, 4) is 5.75 Å². The second-order valence-electron chi connectivity index (χ2n) is 4.44. The van der Waals surface area contributed by atoms with Crippen molar-refractivity contribution in [1.82, 2.24) is 0 Å². The lowest BCUT2D eigenvalue weighted by Crippen LogP contribution is -2.33. The van der Waals surface area contributed by atoms with Gasteiger partial charge in [-0.1, -0.05) is 0 Å². The van der Waals surface area contributed by atoms with Crippen LogP contribution >= 0.6 is 0 Å². The van der Waals surface area contributed by atoms with Crippen LogP contribution in [0.15, 0.2) is 12.1 Å². The standard InChI is InChI=1S/C13H17F2NO2/c1-17-8-6-9(14)12(10(15)7-8)13(16)11-4-2-3-5-18-11/h6-7,11,13H,2-5,16H2,1H3. The third-order valence-electron chi connectivity index (χ3n) is 3.24. The van der Waals surface area contributed by atoms with E-state index in [0.717, 1.165) is 31.4 Å². The van der Waals surface area contributed by atoms with Gasteiger partial charge in [0.05, 0.1) is 19.3 Å². The number of halogens is 2. The number of ether oxygens (including phenoxy) is 2. The maximum Gasteiger partial charge on any atom is 0.134 e. The maximum atomic E-state index is 13.8. The molecule has 1 aromatic carbocycles. The smallest absolute Gasteiger partial charge is 0.134 e. The summed E-state index contributed by atoms with van der Waals surface area (Å²) in [5.74, 6) is -1.23. The molecule has 0 aromatic heterocycles. The minimum absolute atomic E-state index is 0.122. The first kappa shape index (κ1) is 13.2. The number of nitrogens with two attached hydrogens (primary N) is 1. The quantitative estimate of drug-likeness (QED) is 0.905. The molecule has 1 aliphatic heterocycles. The first-order chi connectivity index (χ1) is 8.63. The van der Waals surface area contributed by atoms with Crippen LogP contribution in [0, 0.1) is 11.6 Å². The Morgan fingerprint density at radius 1 is 1.33 bits per heavy atom. The molecule has 1 aliphatic rings. The van der Waals surface area contributed by atoms with E-state index < -0.39 is 17.7 Å². The zero-order valence-electron chi connectivity index (χ0n) is 10.3. The van der Waals surface area contributed by atoms with Gasteiger partial charge in [-0.15, -0.1) is 0 Å². The Morgan fingerprint density at radius 3 is 2.50 bits per heavy atom. The summed E-state index contributed by atoms with van der Waals surface area (Å²) < 4.78 is 38.0. The number of benzene rings is 1. The third kappa shape index (κ3) is 2.62. The molecule has 1 aromatic rings. The van der Waals surface area contributed by atoms with E-state index in [-0.39, 0.29) is 17.4 Å². The fourth-order valence-electron chi connectivity index (χ4n) is 2.23. The summed E-state index contributed by atoms with van der Waals surface area (Å²) in [5, 5.41) is 0. The Bertz CT molecular complexity index is 396. The Kier molecular flexibility index (Phi) is 4.14. The predicted octanol–water partition coefficient (Wildman–Crippen LogP) is 2.54. The fraction of sp³-hybridized carbons (Fsp3) is 0.538. The molecule has 2 atom stereocenters. The van der Waals surface area contributed by atoms with Gasteiger partial charge in [0.15, 0.2) is 0 Å². The van der Waals surface area contributed by atoms with Crippen LogP contribution in [-0.4, -0.2) is 19.8 Å². The van der Waals surface area contributed by atoms with Crippen molar-refractivity contribution in [2.24, 2.45) is 5.73 Å². The highest BCUT2D eigenvalue weighted by Gasteiger charge is 2.28. The van der Waals surface area contributed by atoms with Gasteiger partial charge in [-0.05, 0) is 19.3 Å². The molecule has 0 aliphatic carbocycles. The van der Waals surface area contributed by atoms with Crippen molar-refractivity contribution in [2.75, 3.05) is 13.7 Å². The maximum absolute atomic E-state index is 13.8. The third-order valence-corrected chi connectivity index (χ3v) is 3.24. The van der Waals surface area contributed by atoms with Gasteiger partial charge in [0.2, 0.25) is 0 Å². The highest BCUT2D eigenvalue weighted by Crippen LogP contribution is 2.30. The molecule has 1 saturated heterocycles. The number of hydrogen-bond acceptors (Lipinski definition) is 3. The van der Waals surface area contributed by atoms with Gasteiger partial charge in [0, 0.05) is 24.3 Å². The van der Waals surface area contributed by atoms with Crippen molar-refractivity contribution >= 4 is 0 Å². The van der Waals surface area contributed by atoms with E-state index in [1.54, 1.807) is 0 Å². The molecule has 1 fully saturated rings. The second kappa shape index (κ2) is 5.63. The Hall–Kier alpha value is -1.20. The first-order valence-corrected chi connectivity index (χ1v) is 6.03. The van der Waals surface area contributed by atoms with Gasteiger partial charge in [0.25, 0.3) is 0 Å². The molecular formula is C13H17F2NO2. The average molecular weight is 257 g/mol. The summed E-state index contributed by atoms with van der Waals surface area (Å²) in [6.07, 6.45) is 2.34. The SMILES string of the molecule is COc1cc(F)c(C(N)C2CCCCO2)c(F)c1. The Balaban J connectivity index is 2.26. The molecule has 2 unspecified atom stereocenters. The number of hydrogen-bond donors (Lipinski definition) is 1. The zero-order chi connectivity index (χ0) is 13.1. The van der Waals surface area contributed by atoms with Crippen molar-refractivity contribution in [2.45, 2.75) is 31.4 Å². The van der Waals surface area contributed by atoms with Gasteiger partial charge < -0.3 is 15.2 Å². The molecule has 2 N–H and O–H groups in total. The molecule has 100 valence electrons. The number of methoxy groups -OCH3 is 1. The Labute approximate surface area is 105 Å². The molecular weight excluding hydrogens is 240 g/mol. The summed E-state index contributed by atoms with van der Waals surface area (Å²) in [6.45, 7) is 0.595. The molecule has 3 nitrogen and oxygen atoms in total. The molecule has 1 heterocycles. The summed E-state index contributed by atoms with van der Waals surface area (Å²) in [7, 11) is 1.36. The average Bonchev–Trinajstić information content (AvgIpc) is 2.38. The van der Waals surface area contributed by atoms with Gasteiger partial charge in [0.1, 0.15) is 17.4 Å². The van der Waals surface area contributed by atoms with Gasteiger partial charge in [-0.2, -0.15) is 0 Å². The molecule has 0 spiro atoms. The molecule has 0 radical (unpaired) electrons. The van der Waals surface area contributed by atoms with Crippen LogP contribution in [-0.2, 0) is 4.74 Å². The monoisotopic (exact) mass is 257 g/mol. The molecule has 0 amide bonds. The second-order valence-corrected chi connectivity index (χ2v) is 4.44. The lowest BCUT2D eigenvalue weighted by molar-refractivity contribution is -0.00132. The van der Waals surface area contributed by atoms with E-state index in [2.05, 4.69) is 0 Å². The molecule has 0 bridgehead atoms. The zero-order valence-corrected chi connectivity index (χ0v) is 10.3. The van der Waals surface area contributed by atoms with E-state index in [4.69, 9.17) is 15.2 Å². The van der Waals surface area contributed by atoms with Crippen LogP contribution in [0.4, 0.5) is 8.78 Å². The fourth-order valence-corrected chi connectivity index (χ4v) is 2.23. The molecule has 0 saturated carbocycles. The molecule has 18 heavy (non-hydrogen) atoms. The first-order valence-electron chi connectivity index (χ1n) is 6.03. The van der Waals surface area contributed by atoms with Gasteiger partial charge in [-0.3, -0.25) is 0 Å². The van der Waals surface area contributed by atoms with Crippen LogP contribution in [0.1, 0.15) is 30.9 Å². The van der Waals surface area contributed by atoms with E-state index in [1.165, 1.54) is 7.11 Å². The van der Waals surface area contributed by atoms with Crippen molar-refractivity contribution < 1.29 is 18.3 Å². The number of rotatable bonds is 3.